The Morgan fingerprint density at radius 1 is 1.00 bits per heavy atom. The van der Waals surface area contributed by atoms with E-state index in [2.05, 4.69) is 69.6 Å². The lowest BCUT2D eigenvalue weighted by atomic mass is 9.54. The summed E-state index contributed by atoms with van der Waals surface area (Å²) in [5.41, 5.74) is 4.35. The van der Waals surface area contributed by atoms with Crippen molar-refractivity contribution < 1.29 is 13.7 Å². The molecule has 0 bridgehead atoms. The molecule has 2 saturated carbocycles. The summed E-state index contributed by atoms with van der Waals surface area (Å²) in [5.74, 6) is 2.85. The van der Waals surface area contributed by atoms with Crippen LogP contribution in [0.2, 0.25) is 39.3 Å². The van der Waals surface area contributed by atoms with Crippen LogP contribution in [0.5, 0.6) is 5.75 Å². The van der Waals surface area contributed by atoms with Crippen LogP contribution in [0.1, 0.15) is 49.7 Å². The normalized spacial score (nSPS) is 34.1. The largest absolute Gasteiger partial charge is 0.544 e. The number of rotatable bonds is 5. The summed E-state index contributed by atoms with van der Waals surface area (Å²) in [6, 6.07) is 6.91. The van der Waals surface area contributed by atoms with E-state index in [1.165, 1.54) is 29.7 Å². The molecular weight excluding hydrogens is 418 g/mol. The van der Waals surface area contributed by atoms with E-state index < -0.39 is 16.6 Å². The van der Waals surface area contributed by atoms with Crippen LogP contribution >= 0.6 is 0 Å². The molecule has 3 aliphatic rings. The van der Waals surface area contributed by atoms with Crippen molar-refractivity contribution in [3.63, 3.8) is 0 Å². The number of hydrogen-bond donors (Lipinski definition) is 0. The van der Waals surface area contributed by atoms with Gasteiger partial charge in [0.15, 0.2) is 8.32 Å². The third-order valence-corrected chi connectivity index (χ3v) is 9.38. The molecule has 6 heteroatoms. The molecule has 3 aliphatic carbocycles. The highest BCUT2D eigenvalue weighted by molar-refractivity contribution is 6.70. The van der Waals surface area contributed by atoms with Gasteiger partial charge in [-0.3, -0.25) is 0 Å². The zero-order valence-corrected chi connectivity index (χ0v) is 22.7. The molecule has 4 rings (SSSR count). The summed E-state index contributed by atoms with van der Waals surface area (Å²) < 4.78 is 13.3. The summed E-state index contributed by atoms with van der Waals surface area (Å²) in [6.45, 7) is 16.2. The molecule has 4 nitrogen and oxygen atoms in total. The number of hydrogen-bond acceptors (Lipinski definition) is 4. The van der Waals surface area contributed by atoms with Crippen LogP contribution in [-0.4, -0.2) is 35.6 Å². The Morgan fingerprint density at radius 3 is 2.39 bits per heavy atom. The van der Waals surface area contributed by atoms with Gasteiger partial charge in [-0.25, -0.2) is 0 Å². The van der Waals surface area contributed by atoms with E-state index in [0.717, 1.165) is 25.0 Å². The second-order valence-corrected chi connectivity index (χ2v) is 20.9. The molecule has 2 fully saturated rings. The average molecular weight is 460 g/mol. The van der Waals surface area contributed by atoms with Gasteiger partial charge in [-0.15, -0.1) is 0 Å². The highest BCUT2D eigenvalue weighted by atomic mass is 28.4. The molecule has 1 aromatic rings. The van der Waals surface area contributed by atoms with Gasteiger partial charge < -0.3 is 13.7 Å². The fourth-order valence-corrected chi connectivity index (χ4v) is 8.61. The fraction of sp³-hybridized carbons (Fsp3) is 0.720. The van der Waals surface area contributed by atoms with E-state index >= 15 is 0 Å². The van der Waals surface area contributed by atoms with E-state index in [9.17, 15) is 0 Å². The molecule has 0 heterocycles. The number of fused-ring (bicyclic) bond motifs is 5. The van der Waals surface area contributed by atoms with Crippen LogP contribution in [0.4, 0.5) is 0 Å². The highest BCUT2D eigenvalue weighted by Gasteiger charge is 2.58. The van der Waals surface area contributed by atoms with E-state index in [4.69, 9.17) is 13.7 Å². The van der Waals surface area contributed by atoms with Crippen molar-refractivity contribution in [3.05, 3.63) is 29.3 Å². The molecule has 5 atom stereocenters. The molecule has 0 spiro atoms. The average Bonchev–Trinajstić information content (AvgIpc) is 2.95. The Labute approximate surface area is 191 Å². The summed E-state index contributed by atoms with van der Waals surface area (Å²) in [6.07, 6.45) is 5.97. The van der Waals surface area contributed by atoms with E-state index in [0.29, 0.717) is 17.8 Å². The first-order valence-corrected chi connectivity index (χ1v) is 18.8. The van der Waals surface area contributed by atoms with Crippen molar-refractivity contribution in [1.82, 2.24) is 0 Å². The van der Waals surface area contributed by atoms with Crippen LogP contribution < -0.4 is 4.43 Å². The topological polar surface area (TPSA) is 40.0 Å². The summed E-state index contributed by atoms with van der Waals surface area (Å²) in [5, 5.41) is 4.50. The molecule has 0 unspecified atom stereocenters. The fourth-order valence-electron chi connectivity index (χ4n) is 6.64. The van der Waals surface area contributed by atoms with Crippen LogP contribution in [0.15, 0.2) is 23.4 Å². The Hall–Kier alpha value is -1.12. The zero-order valence-electron chi connectivity index (χ0n) is 20.7. The van der Waals surface area contributed by atoms with Crippen LogP contribution in [0.3, 0.4) is 0 Å². The number of oxime groups is 1. The van der Waals surface area contributed by atoms with Crippen LogP contribution in [0, 0.1) is 17.3 Å². The van der Waals surface area contributed by atoms with Gasteiger partial charge in [-0.1, -0.05) is 18.1 Å². The third kappa shape index (κ3) is 4.53. The number of benzene rings is 1. The van der Waals surface area contributed by atoms with Crippen molar-refractivity contribution in [1.29, 1.82) is 0 Å². The van der Waals surface area contributed by atoms with Gasteiger partial charge in [0.2, 0.25) is 8.32 Å². The van der Waals surface area contributed by atoms with Gasteiger partial charge >= 0.3 is 0 Å². The SMILES string of the molecule is CO/N=C1\CC[C@H]2[C@@H]3CCc4cc(O[Si](C)(C)C)ccc4[C@H]3[C@@H](O[Si](C)(C)C)C[C@]12C. The van der Waals surface area contributed by atoms with Crippen LogP contribution in [0.25, 0.3) is 0 Å². The quantitative estimate of drug-likeness (QED) is 0.368. The summed E-state index contributed by atoms with van der Waals surface area (Å²) in [4.78, 5) is 5.27. The van der Waals surface area contributed by atoms with Gasteiger partial charge in [-0.05, 0) is 106 Å². The molecule has 0 saturated heterocycles. The van der Waals surface area contributed by atoms with Gasteiger partial charge in [0.1, 0.15) is 12.9 Å². The maximum absolute atomic E-state index is 6.93. The van der Waals surface area contributed by atoms with Gasteiger partial charge in [0, 0.05) is 11.3 Å². The maximum atomic E-state index is 6.93. The minimum Gasteiger partial charge on any atom is -0.544 e. The first-order chi connectivity index (χ1) is 14.4. The lowest BCUT2D eigenvalue weighted by Crippen LogP contribution is -2.52. The zero-order chi connectivity index (χ0) is 22.6. The van der Waals surface area contributed by atoms with Crippen molar-refractivity contribution >= 4 is 22.3 Å². The van der Waals surface area contributed by atoms with Gasteiger partial charge in [0.25, 0.3) is 0 Å². The lowest BCUT2D eigenvalue weighted by molar-refractivity contribution is -0.00645. The van der Waals surface area contributed by atoms with Crippen molar-refractivity contribution in [2.24, 2.45) is 22.4 Å². The Balaban J connectivity index is 1.73. The lowest BCUT2D eigenvalue weighted by Gasteiger charge is -2.53. The second kappa shape index (κ2) is 8.03. The van der Waals surface area contributed by atoms with E-state index in [1.54, 1.807) is 7.11 Å². The standard InChI is InChI=1S/C25H41NO3Si2/c1-25-16-22(29-31(6,7)8)24-19-12-10-18(28-30(3,4)5)15-17(19)9-11-20(24)21(25)13-14-23(25)26-27-2/h10,12,15,20-22,24H,9,11,13-14,16H2,1-8H3/b26-23+/t20-,21-,22-,24+,25-/m0/s1. The molecular formula is C25H41NO3Si2. The molecule has 0 N–H and O–H groups in total. The van der Waals surface area contributed by atoms with Gasteiger partial charge in [-0.2, -0.15) is 0 Å². The Kier molecular flexibility index (Phi) is 5.97. The number of nitrogens with zero attached hydrogens (tertiary/aromatic N) is 1. The van der Waals surface area contributed by atoms with Gasteiger partial charge in [0.05, 0.1) is 11.8 Å². The van der Waals surface area contributed by atoms with E-state index in [-0.39, 0.29) is 11.5 Å². The smallest absolute Gasteiger partial charge is 0.242 e. The predicted octanol–water partition coefficient (Wildman–Crippen LogP) is 6.59. The van der Waals surface area contributed by atoms with Crippen molar-refractivity contribution in [2.75, 3.05) is 7.11 Å². The molecule has 172 valence electrons. The first kappa shape index (κ1) is 23.1. The predicted molar refractivity (Wildman–Crippen MR) is 133 cm³/mol. The van der Waals surface area contributed by atoms with Crippen LogP contribution in [-0.2, 0) is 15.7 Å². The minimum absolute atomic E-state index is 0.0971. The van der Waals surface area contributed by atoms with Crippen molar-refractivity contribution in [2.45, 2.75) is 90.3 Å². The third-order valence-electron chi connectivity index (χ3n) is 7.52. The monoisotopic (exact) mass is 459 g/mol. The molecule has 0 aromatic heterocycles. The Morgan fingerprint density at radius 2 is 1.74 bits per heavy atom. The maximum Gasteiger partial charge on any atom is 0.242 e. The molecule has 0 amide bonds. The Bertz CT molecular complexity index is 857. The number of aryl methyl sites for hydroxylation is 1. The van der Waals surface area contributed by atoms with Crippen molar-refractivity contribution in [3.8, 4) is 5.75 Å². The first-order valence-electron chi connectivity index (χ1n) is 12.0. The highest BCUT2D eigenvalue weighted by Crippen LogP contribution is 2.61. The molecule has 31 heavy (non-hydrogen) atoms. The summed E-state index contributed by atoms with van der Waals surface area (Å²) in [7, 11) is -1.62. The van der Waals surface area contributed by atoms with E-state index in [1.807, 2.05) is 0 Å². The molecule has 0 aliphatic heterocycles. The second-order valence-electron chi connectivity index (χ2n) is 12.1. The minimum atomic E-state index is -1.69. The summed E-state index contributed by atoms with van der Waals surface area (Å²) >= 11 is 0. The molecule has 0 radical (unpaired) electrons. The molecule has 1 aromatic carbocycles.